The van der Waals surface area contributed by atoms with Crippen LogP contribution in [0.4, 0.5) is 4.79 Å². The van der Waals surface area contributed by atoms with E-state index in [-0.39, 0.29) is 12.1 Å². The summed E-state index contributed by atoms with van der Waals surface area (Å²) in [5.74, 6) is 0. The molecule has 0 aromatic heterocycles. The minimum absolute atomic E-state index is 0.169. The van der Waals surface area contributed by atoms with Crippen molar-refractivity contribution in [3.63, 3.8) is 0 Å². The largest absolute Gasteiger partial charge is 0.444 e. The van der Waals surface area contributed by atoms with Crippen molar-refractivity contribution in [3.05, 3.63) is 0 Å². The molecule has 18 heavy (non-hydrogen) atoms. The predicted molar refractivity (Wildman–Crippen MR) is 73.7 cm³/mol. The van der Waals surface area contributed by atoms with Crippen LogP contribution in [-0.2, 0) is 4.74 Å². The van der Waals surface area contributed by atoms with E-state index in [0.29, 0.717) is 12.6 Å². The van der Waals surface area contributed by atoms with Crippen LogP contribution in [0.3, 0.4) is 0 Å². The van der Waals surface area contributed by atoms with Crippen molar-refractivity contribution >= 4 is 6.09 Å². The van der Waals surface area contributed by atoms with E-state index in [2.05, 4.69) is 5.32 Å². The third-order valence-electron chi connectivity index (χ3n) is 3.14. The molecule has 1 rings (SSSR count). The zero-order valence-electron chi connectivity index (χ0n) is 12.5. The van der Waals surface area contributed by atoms with Crippen molar-refractivity contribution < 1.29 is 9.53 Å². The van der Waals surface area contributed by atoms with E-state index in [1.54, 1.807) is 4.90 Å². The van der Waals surface area contributed by atoms with Gasteiger partial charge in [-0.25, -0.2) is 4.79 Å². The van der Waals surface area contributed by atoms with Crippen molar-refractivity contribution in [2.75, 3.05) is 13.1 Å². The summed E-state index contributed by atoms with van der Waals surface area (Å²) in [6.45, 7) is 11.3. The Morgan fingerprint density at radius 2 is 2.00 bits per heavy atom. The Kier molecular flexibility index (Phi) is 5.45. The van der Waals surface area contributed by atoms with Gasteiger partial charge in [0.25, 0.3) is 0 Å². The van der Waals surface area contributed by atoms with Crippen LogP contribution in [0.2, 0.25) is 0 Å². The van der Waals surface area contributed by atoms with Crippen LogP contribution in [-0.4, -0.2) is 41.8 Å². The van der Waals surface area contributed by atoms with Gasteiger partial charge in [0.15, 0.2) is 0 Å². The highest BCUT2D eigenvalue weighted by Gasteiger charge is 2.24. The molecule has 1 aliphatic carbocycles. The number of rotatable bonds is 5. The maximum Gasteiger partial charge on any atom is 0.410 e. The fourth-order valence-corrected chi connectivity index (χ4v) is 1.88. The van der Waals surface area contributed by atoms with Crippen molar-refractivity contribution in [1.29, 1.82) is 0 Å². The summed E-state index contributed by atoms with van der Waals surface area (Å²) in [7, 11) is 0. The van der Waals surface area contributed by atoms with Gasteiger partial charge in [0.2, 0.25) is 0 Å². The summed E-state index contributed by atoms with van der Waals surface area (Å²) in [6, 6.07) is 0.834. The first-order valence-corrected chi connectivity index (χ1v) is 7.02. The number of nitrogens with one attached hydrogen (secondary N) is 1. The number of carbonyl (C=O) groups is 1. The van der Waals surface area contributed by atoms with Gasteiger partial charge in [-0.15, -0.1) is 0 Å². The van der Waals surface area contributed by atoms with Crippen LogP contribution < -0.4 is 5.32 Å². The Balaban J connectivity index is 2.35. The van der Waals surface area contributed by atoms with E-state index in [4.69, 9.17) is 4.74 Å². The Morgan fingerprint density at radius 3 is 2.39 bits per heavy atom. The summed E-state index contributed by atoms with van der Waals surface area (Å²) in [4.78, 5) is 13.8. The predicted octanol–water partition coefficient (Wildman–Crippen LogP) is 2.77. The van der Waals surface area contributed by atoms with E-state index in [1.807, 2.05) is 34.6 Å². The lowest BCUT2D eigenvalue weighted by molar-refractivity contribution is 0.0191. The van der Waals surface area contributed by atoms with Gasteiger partial charge in [0.05, 0.1) is 0 Å². The summed E-state index contributed by atoms with van der Waals surface area (Å²) >= 11 is 0. The van der Waals surface area contributed by atoms with Crippen LogP contribution in [0.5, 0.6) is 0 Å². The molecular weight excluding hydrogens is 228 g/mol. The molecule has 0 bridgehead atoms. The van der Waals surface area contributed by atoms with Gasteiger partial charge in [-0.1, -0.05) is 6.42 Å². The van der Waals surface area contributed by atoms with Crippen LogP contribution >= 0.6 is 0 Å². The van der Waals surface area contributed by atoms with Crippen LogP contribution in [0.1, 0.15) is 53.9 Å². The summed E-state index contributed by atoms with van der Waals surface area (Å²) in [5.41, 5.74) is -0.425. The number of hydrogen-bond acceptors (Lipinski definition) is 3. The average molecular weight is 256 g/mol. The lowest BCUT2D eigenvalue weighted by Crippen LogP contribution is -2.46. The minimum atomic E-state index is -0.425. The van der Waals surface area contributed by atoms with E-state index in [9.17, 15) is 4.79 Å². The molecule has 106 valence electrons. The molecule has 1 saturated carbocycles. The molecule has 0 saturated heterocycles. The number of hydrogen-bond donors (Lipinski definition) is 1. The van der Waals surface area contributed by atoms with Crippen molar-refractivity contribution in [1.82, 2.24) is 10.2 Å². The SMILES string of the molecule is CC(C)N(CCNC1CCC1)C(=O)OC(C)(C)C. The molecule has 4 heteroatoms. The Labute approximate surface area is 111 Å². The highest BCUT2D eigenvalue weighted by Crippen LogP contribution is 2.17. The minimum Gasteiger partial charge on any atom is -0.444 e. The Morgan fingerprint density at radius 1 is 1.39 bits per heavy atom. The standard InChI is InChI=1S/C14H28N2O2/c1-11(2)16(13(17)18-14(3,4)5)10-9-15-12-7-6-8-12/h11-12,15H,6-10H2,1-5H3. The second-order valence-electron chi connectivity index (χ2n) is 6.35. The first-order chi connectivity index (χ1) is 8.29. The molecule has 1 fully saturated rings. The lowest BCUT2D eigenvalue weighted by atomic mass is 9.93. The third kappa shape index (κ3) is 5.25. The smallest absolute Gasteiger partial charge is 0.410 e. The summed E-state index contributed by atoms with van der Waals surface area (Å²) in [6.07, 6.45) is 3.66. The highest BCUT2D eigenvalue weighted by atomic mass is 16.6. The van der Waals surface area contributed by atoms with Crippen LogP contribution in [0.25, 0.3) is 0 Å². The first kappa shape index (κ1) is 15.3. The maximum atomic E-state index is 12.0. The van der Waals surface area contributed by atoms with Crippen molar-refractivity contribution in [3.8, 4) is 0 Å². The fourth-order valence-electron chi connectivity index (χ4n) is 1.88. The lowest BCUT2D eigenvalue weighted by Gasteiger charge is -2.32. The topological polar surface area (TPSA) is 41.6 Å². The monoisotopic (exact) mass is 256 g/mol. The van der Waals surface area contributed by atoms with E-state index in [0.717, 1.165) is 6.54 Å². The Bertz CT molecular complexity index is 267. The van der Waals surface area contributed by atoms with Crippen LogP contribution in [0.15, 0.2) is 0 Å². The number of carbonyl (C=O) groups excluding carboxylic acids is 1. The third-order valence-corrected chi connectivity index (χ3v) is 3.14. The molecular formula is C14H28N2O2. The molecule has 0 heterocycles. The van der Waals surface area contributed by atoms with Crippen molar-refractivity contribution in [2.24, 2.45) is 0 Å². The highest BCUT2D eigenvalue weighted by molar-refractivity contribution is 5.68. The number of amides is 1. The maximum absolute atomic E-state index is 12.0. The van der Waals surface area contributed by atoms with Gasteiger partial charge >= 0.3 is 6.09 Å². The second kappa shape index (κ2) is 6.41. The van der Waals surface area contributed by atoms with Crippen LogP contribution in [0, 0.1) is 0 Å². The van der Waals surface area contributed by atoms with Gasteiger partial charge in [-0.2, -0.15) is 0 Å². The zero-order valence-corrected chi connectivity index (χ0v) is 12.5. The summed E-state index contributed by atoms with van der Waals surface area (Å²) in [5, 5.41) is 3.47. The fraction of sp³-hybridized carbons (Fsp3) is 0.929. The number of nitrogens with zero attached hydrogens (tertiary/aromatic N) is 1. The first-order valence-electron chi connectivity index (χ1n) is 7.02. The van der Waals surface area contributed by atoms with Gasteiger partial charge in [0, 0.05) is 25.2 Å². The second-order valence-corrected chi connectivity index (χ2v) is 6.35. The van der Waals surface area contributed by atoms with E-state index in [1.165, 1.54) is 19.3 Å². The normalized spacial score (nSPS) is 16.6. The average Bonchev–Trinajstić information content (AvgIpc) is 2.10. The Hall–Kier alpha value is -0.770. The van der Waals surface area contributed by atoms with Gasteiger partial charge in [0.1, 0.15) is 5.60 Å². The quantitative estimate of drug-likeness (QED) is 0.822. The van der Waals surface area contributed by atoms with E-state index < -0.39 is 5.60 Å². The molecule has 1 N–H and O–H groups in total. The molecule has 0 aromatic carbocycles. The molecule has 0 unspecified atom stereocenters. The summed E-state index contributed by atoms with van der Waals surface area (Å²) < 4.78 is 5.42. The van der Waals surface area contributed by atoms with Crippen molar-refractivity contribution in [2.45, 2.75) is 71.6 Å². The molecule has 0 aromatic rings. The van der Waals surface area contributed by atoms with Gasteiger partial charge in [-0.3, -0.25) is 0 Å². The number of ether oxygens (including phenoxy) is 1. The van der Waals surface area contributed by atoms with Gasteiger partial charge < -0.3 is 15.0 Å². The van der Waals surface area contributed by atoms with E-state index >= 15 is 0 Å². The molecule has 4 nitrogen and oxygen atoms in total. The molecule has 1 amide bonds. The molecule has 0 aliphatic heterocycles. The molecule has 0 spiro atoms. The zero-order chi connectivity index (χ0) is 13.8. The molecule has 0 radical (unpaired) electrons. The molecule has 1 aliphatic rings. The molecule has 0 atom stereocenters. The van der Waals surface area contributed by atoms with Gasteiger partial charge in [-0.05, 0) is 47.5 Å².